The van der Waals surface area contributed by atoms with Crippen molar-refractivity contribution in [3.05, 3.63) is 0 Å². The van der Waals surface area contributed by atoms with Gasteiger partial charge in [-0.05, 0) is 25.7 Å². The van der Waals surface area contributed by atoms with E-state index < -0.39 is 11.5 Å². The summed E-state index contributed by atoms with van der Waals surface area (Å²) in [5.74, 6) is -0.877. The molecule has 0 radical (unpaired) electrons. The van der Waals surface area contributed by atoms with Crippen molar-refractivity contribution in [1.82, 2.24) is 0 Å². The van der Waals surface area contributed by atoms with E-state index in [4.69, 9.17) is 15.6 Å². The van der Waals surface area contributed by atoms with Crippen LogP contribution in [0, 0.1) is 5.92 Å². The maximum absolute atomic E-state index is 10.8. The maximum atomic E-state index is 10.8. The molecule has 4 nitrogen and oxygen atoms in total. The predicted molar refractivity (Wildman–Crippen MR) is 43.8 cm³/mol. The van der Waals surface area contributed by atoms with Crippen molar-refractivity contribution in [3.8, 4) is 0 Å². The topological polar surface area (TPSA) is 72.6 Å². The summed E-state index contributed by atoms with van der Waals surface area (Å²) in [6.07, 6.45) is 1.50. The number of ether oxygens (including phenoxy) is 1. The Labute approximate surface area is 71.7 Å². The van der Waals surface area contributed by atoms with Gasteiger partial charge in [0.1, 0.15) is 5.54 Å². The Bertz CT molecular complexity index is 173. The highest BCUT2D eigenvalue weighted by atomic mass is 16.5. The summed E-state index contributed by atoms with van der Waals surface area (Å²) in [5.41, 5.74) is 4.59. The van der Waals surface area contributed by atoms with Crippen LogP contribution >= 0.6 is 0 Å². The second-order valence-corrected chi connectivity index (χ2v) is 3.47. The smallest absolute Gasteiger partial charge is 0.323 e. The van der Waals surface area contributed by atoms with E-state index in [0.717, 1.165) is 12.8 Å². The summed E-state index contributed by atoms with van der Waals surface area (Å²) in [5, 5.41) is 8.83. The summed E-state index contributed by atoms with van der Waals surface area (Å²) in [4.78, 5) is 10.8. The van der Waals surface area contributed by atoms with E-state index in [1.165, 1.54) is 0 Å². The number of aliphatic carboxylic acids is 1. The van der Waals surface area contributed by atoms with E-state index >= 15 is 0 Å². The minimum absolute atomic E-state index is 0.0451. The SMILES string of the molecule is CC(N)(C(=O)O)C1CCOCC1. The van der Waals surface area contributed by atoms with Crippen molar-refractivity contribution in [1.29, 1.82) is 0 Å². The Morgan fingerprint density at radius 1 is 1.58 bits per heavy atom. The van der Waals surface area contributed by atoms with Crippen molar-refractivity contribution in [2.75, 3.05) is 13.2 Å². The third kappa shape index (κ3) is 1.76. The van der Waals surface area contributed by atoms with Crippen LogP contribution in [-0.4, -0.2) is 29.8 Å². The molecule has 12 heavy (non-hydrogen) atoms. The van der Waals surface area contributed by atoms with E-state index in [0.29, 0.717) is 13.2 Å². The molecular formula is C8H15NO3. The largest absolute Gasteiger partial charge is 0.480 e. The molecule has 0 spiro atoms. The second kappa shape index (κ2) is 3.41. The molecule has 1 atom stereocenters. The van der Waals surface area contributed by atoms with Crippen LogP contribution in [0.1, 0.15) is 19.8 Å². The lowest BCUT2D eigenvalue weighted by molar-refractivity contribution is -0.146. The van der Waals surface area contributed by atoms with Crippen LogP contribution in [0.25, 0.3) is 0 Å². The lowest BCUT2D eigenvalue weighted by atomic mass is 9.81. The van der Waals surface area contributed by atoms with Crippen molar-refractivity contribution in [3.63, 3.8) is 0 Å². The molecule has 1 fully saturated rings. The number of carboxylic acids is 1. The quantitative estimate of drug-likeness (QED) is 0.626. The molecule has 1 aliphatic rings. The molecule has 1 saturated heterocycles. The third-order valence-corrected chi connectivity index (χ3v) is 2.53. The zero-order chi connectivity index (χ0) is 9.19. The summed E-state index contributed by atoms with van der Waals surface area (Å²) in [6, 6.07) is 0. The molecule has 0 aromatic carbocycles. The molecule has 1 heterocycles. The van der Waals surface area contributed by atoms with E-state index in [1.54, 1.807) is 6.92 Å². The van der Waals surface area contributed by atoms with E-state index in [2.05, 4.69) is 0 Å². The molecule has 4 heteroatoms. The molecule has 0 amide bonds. The first-order chi connectivity index (χ1) is 5.55. The van der Waals surface area contributed by atoms with Crippen molar-refractivity contribution < 1.29 is 14.6 Å². The molecular weight excluding hydrogens is 158 g/mol. The molecule has 0 bridgehead atoms. The van der Waals surface area contributed by atoms with Gasteiger partial charge < -0.3 is 15.6 Å². The zero-order valence-electron chi connectivity index (χ0n) is 7.25. The Morgan fingerprint density at radius 3 is 2.50 bits per heavy atom. The summed E-state index contributed by atoms with van der Waals surface area (Å²) < 4.78 is 5.13. The Balaban J connectivity index is 2.59. The van der Waals surface area contributed by atoms with Gasteiger partial charge in [0.25, 0.3) is 0 Å². The number of hydrogen-bond acceptors (Lipinski definition) is 3. The lowest BCUT2D eigenvalue weighted by Gasteiger charge is -2.32. The van der Waals surface area contributed by atoms with E-state index in [1.807, 2.05) is 0 Å². The summed E-state index contributed by atoms with van der Waals surface area (Å²) in [7, 11) is 0. The Hall–Kier alpha value is -0.610. The third-order valence-electron chi connectivity index (χ3n) is 2.53. The minimum Gasteiger partial charge on any atom is -0.480 e. The second-order valence-electron chi connectivity index (χ2n) is 3.47. The molecule has 0 aromatic heterocycles. The van der Waals surface area contributed by atoms with Crippen LogP contribution in [0.2, 0.25) is 0 Å². The highest BCUT2D eigenvalue weighted by Crippen LogP contribution is 2.25. The highest BCUT2D eigenvalue weighted by molar-refractivity contribution is 5.78. The fourth-order valence-electron chi connectivity index (χ4n) is 1.47. The zero-order valence-corrected chi connectivity index (χ0v) is 7.25. The van der Waals surface area contributed by atoms with Crippen LogP contribution in [0.3, 0.4) is 0 Å². The van der Waals surface area contributed by atoms with Crippen LogP contribution in [0.5, 0.6) is 0 Å². The Morgan fingerprint density at radius 2 is 2.08 bits per heavy atom. The van der Waals surface area contributed by atoms with E-state index in [9.17, 15) is 4.79 Å². The summed E-state index contributed by atoms with van der Waals surface area (Å²) >= 11 is 0. The predicted octanol–water partition coefficient (Wildman–Crippen LogP) is 0.215. The van der Waals surface area contributed by atoms with Gasteiger partial charge in [-0.1, -0.05) is 0 Å². The van der Waals surface area contributed by atoms with Crippen LogP contribution < -0.4 is 5.73 Å². The van der Waals surface area contributed by atoms with Gasteiger partial charge in [-0.25, -0.2) is 0 Å². The van der Waals surface area contributed by atoms with Crippen LogP contribution in [0.15, 0.2) is 0 Å². The van der Waals surface area contributed by atoms with Gasteiger partial charge in [-0.3, -0.25) is 4.79 Å². The molecule has 0 aromatic rings. The van der Waals surface area contributed by atoms with Crippen LogP contribution in [0.4, 0.5) is 0 Å². The number of hydrogen-bond donors (Lipinski definition) is 2. The van der Waals surface area contributed by atoms with Gasteiger partial charge in [0.15, 0.2) is 0 Å². The van der Waals surface area contributed by atoms with Gasteiger partial charge in [0.05, 0.1) is 0 Å². The minimum atomic E-state index is -1.09. The molecule has 1 unspecified atom stereocenters. The summed E-state index contributed by atoms with van der Waals surface area (Å²) in [6.45, 7) is 2.83. The van der Waals surface area contributed by atoms with Gasteiger partial charge in [-0.2, -0.15) is 0 Å². The molecule has 1 rings (SSSR count). The molecule has 1 aliphatic heterocycles. The average Bonchev–Trinajstić information content (AvgIpc) is 2.06. The monoisotopic (exact) mass is 173 g/mol. The van der Waals surface area contributed by atoms with Crippen molar-refractivity contribution in [2.45, 2.75) is 25.3 Å². The lowest BCUT2D eigenvalue weighted by Crippen LogP contribution is -2.52. The normalized spacial score (nSPS) is 24.8. The van der Waals surface area contributed by atoms with Gasteiger partial charge in [0.2, 0.25) is 0 Å². The first kappa shape index (κ1) is 9.48. The fourth-order valence-corrected chi connectivity index (χ4v) is 1.47. The first-order valence-electron chi connectivity index (χ1n) is 4.15. The number of nitrogens with two attached hydrogens (primary N) is 1. The number of rotatable bonds is 2. The highest BCUT2D eigenvalue weighted by Gasteiger charge is 2.38. The molecule has 70 valence electrons. The van der Waals surface area contributed by atoms with Gasteiger partial charge in [-0.15, -0.1) is 0 Å². The van der Waals surface area contributed by atoms with Gasteiger partial charge in [0, 0.05) is 13.2 Å². The molecule has 0 saturated carbocycles. The Kier molecular flexibility index (Phi) is 2.69. The number of carboxylic acid groups (broad SMARTS) is 1. The molecule has 0 aliphatic carbocycles. The maximum Gasteiger partial charge on any atom is 0.323 e. The fraction of sp³-hybridized carbons (Fsp3) is 0.875. The standard InChI is InChI=1S/C8H15NO3/c1-8(9,7(10)11)6-2-4-12-5-3-6/h6H,2-5,9H2,1H3,(H,10,11). The molecule has 3 N–H and O–H groups in total. The van der Waals surface area contributed by atoms with E-state index in [-0.39, 0.29) is 5.92 Å². The van der Waals surface area contributed by atoms with Crippen molar-refractivity contribution >= 4 is 5.97 Å². The van der Waals surface area contributed by atoms with Crippen LogP contribution in [-0.2, 0) is 9.53 Å². The first-order valence-corrected chi connectivity index (χ1v) is 4.15. The van der Waals surface area contributed by atoms with Gasteiger partial charge >= 0.3 is 5.97 Å². The van der Waals surface area contributed by atoms with Crippen molar-refractivity contribution in [2.24, 2.45) is 11.7 Å². The number of carbonyl (C=O) groups is 1. The average molecular weight is 173 g/mol.